The fraction of sp³-hybridized carbons (Fsp3) is 0.263. The summed E-state index contributed by atoms with van der Waals surface area (Å²) >= 11 is 5.87. The predicted octanol–water partition coefficient (Wildman–Crippen LogP) is 3.74. The van der Waals surface area contributed by atoms with Crippen LogP contribution in [0.25, 0.3) is 0 Å². The van der Waals surface area contributed by atoms with Crippen molar-refractivity contribution in [3.63, 3.8) is 0 Å². The molecular weight excluding hydrogens is 358 g/mol. The summed E-state index contributed by atoms with van der Waals surface area (Å²) in [7, 11) is 0. The molecule has 136 valence electrons. The van der Waals surface area contributed by atoms with Crippen molar-refractivity contribution in [1.29, 1.82) is 0 Å². The molecule has 1 aliphatic rings. The summed E-state index contributed by atoms with van der Waals surface area (Å²) < 4.78 is 0. The van der Waals surface area contributed by atoms with Crippen LogP contribution in [-0.2, 0) is 0 Å². The Hall–Kier alpha value is -2.73. The fourth-order valence-electron chi connectivity index (χ4n) is 3.39. The molecule has 0 spiro atoms. The first kappa shape index (κ1) is 18.1. The molecule has 0 bridgehead atoms. The van der Waals surface area contributed by atoms with E-state index in [1.807, 2.05) is 6.92 Å². The zero-order chi connectivity index (χ0) is 19.0. The number of phenolic OH excluding ortho intramolecular Hbond substituents is 2. The molecule has 1 saturated heterocycles. The molecule has 2 aromatic rings. The Morgan fingerprint density at radius 3 is 2.54 bits per heavy atom. The minimum atomic E-state index is -0.998. The van der Waals surface area contributed by atoms with Crippen molar-refractivity contribution in [2.75, 3.05) is 6.54 Å². The van der Waals surface area contributed by atoms with Crippen molar-refractivity contribution in [2.45, 2.75) is 25.8 Å². The smallest absolute Gasteiger partial charge is 0.335 e. The number of nitrogens with zero attached hydrogens (tertiary/aromatic N) is 1. The summed E-state index contributed by atoms with van der Waals surface area (Å²) in [6.07, 6.45) is 1.54. The van der Waals surface area contributed by atoms with Crippen LogP contribution >= 0.6 is 11.6 Å². The molecule has 0 saturated carbocycles. The van der Waals surface area contributed by atoms with Crippen molar-refractivity contribution in [3.05, 3.63) is 57.6 Å². The Morgan fingerprint density at radius 2 is 1.88 bits per heavy atom. The average Bonchev–Trinajstić information content (AvgIpc) is 3.06. The lowest BCUT2D eigenvalue weighted by molar-refractivity contribution is 0.0692. The summed E-state index contributed by atoms with van der Waals surface area (Å²) in [5.74, 6) is -2.00. The number of halogens is 1. The first-order chi connectivity index (χ1) is 12.3. The molecule has 1 heterocycles. The van der Waals surface area contributed by atoms with E-state index in [-0.39, 0.29) is 39.6 Å². The molecule has 0 aromatic heterocycles. The fourth-order valence-corrected chi connectivity index (χ4v) is 3.56. The molecule has 0 aliphatic carbocycles. The van der Waals surface area contributed by atoms with Gasteiger partial charge >= 0.3 is 5.97 Å². The number of carbonyl (C=O) groups is 2. The Morgan fingerprint density at radius 1 is 1.15 bits per heavy atom. The van der Waals surface area contributed by atoms with Crippen molar-refractivity contribution in [2.24, 2.45) is 0 Å². The number of phenols is 2. The van der Waals surface area contributed by atoms with Crippen molar-refractivity contribution in [3.8, 4) is 11.5 Å². The largest absolute Gasteiger partial charge is 0.507 e. The van der Waals surface area contributed by atoms with Crippen LogP contribution in [0.5, 0.6) is 11.5 Å². The number of carboxylic acid groups (broad SMARTS) is 1. The summed E-state index contributed by atoms with van der Waals surface area (Å²) in [5.41, 5.74) is 1.90. The van der Waals surface area contributed by atoms with Gasteiger partial charge in [-0.05, 0) is 49.1 Å². The molecule has 1 aliphatic heterocycles. The normalized spacial score (nSPS) is 16.7. The van der Waals surface area contributed by atoms with Crippen LogP contribution in [0.15, 0.2) is 30.3 Å². The molecule has 1 unspecified atom stereocenters. The lowest BCUT2D eigenvalue weighted by Crippen LogP contribution is -2.31. The van der Waals surface area contributed by atoms with Gasteiger partial charge in [-0.15, -0.1) is 0 Å². The molecule has 0 radical (unpaired) electrons. The lowest BCUT2D eigenvalue weighted by atomic mass is 9.97. The van der Waals surface area contributed by atoms with E-state index in [4.69, 9.17) is 16.7 Å². The summed E-state index contributed by atoms with van der Waals surface area (Å²) in [6, 6.07) is 6.95. The minimum Gasteiger partial charge on any atom is -0.507 e. The summed E-state index contributed by atoms with van der Waals surface area (Å²) in [5, 5.41) is 28.7. The second-order valence-corrected chi connectivity index (χ2v) is 6.76. The standard InChI is InChI=1S/C19H18ClNO5/c1-10-7-11(19(25)26)4-5-12(10)15-3-2-6-21(15)18(24)13-8-14(20)17(23)9-16(13)22/h4-5,7-9,15,22-23H,2-3,6H2,1H3,(H,25,26). The van der Waals surface area contributed by atoms with Crippen LogP contribution < -0.4 is 0 Å². The van der Waals surface area contributed by atoms with Crippen LogP contribution in [0.1, 0.15) is 50.7 Å². The van der Waals surface area contributed by atoms with Gasteiger partial charge in [-0.25, -0.2) is 4.79 Å². The van der Waals surface area contributed by atoms with E-state index >= 15 is 0 Å². The number of carbonyl (C=O) groups excluding carboxylic acids is 1. The SMILES string of the molecule is Cc1cc(C(=O)O)ccc1C1CCCN1C(=O)c1cc(Cl)c(O)cc1O. The van der Waals surface area contributed by atoms with Crippen LogP contribution in [-0.4, -0.2) is 38.6 Å². The molecule has 7 heteroatoms. The second-order valence-electron chi connectivity index (χ2n) is 6.35. The molecule has 26 heavy (non-hydrogen) atoms. The highest BCUT2D eigenvalue weighted by molar-refractivity contribution is 6.32. The zero-order valence-electron chi connectivity index (χ0n) is 14.1. The number of benzene rings is 2. The van der Waals surface area contributed by atoms with Crippen LogP contribution in [0, 0.1) is 6.92 Å². The first-order valence-corrected chi connectivity index (χ1v) is 8.53. The Bertz CT molecular complexity index is 896. The number of hydrogen-bond acceptors (Lipinski definition) is 4. The number of aryl methyl sites for hydroxylation is 1. The van der Waals surface area contributed by atoms with E-state index in [1.54, 1.807) is 17.0 Å². The number of amides is 1. The number of rotatable bonds is 3. The van der Waals surface area contributed by atoms with E-state index in [0.29, 0.717) is 6.54 Å². The van der Waals surface area contributed by atoms with Crippen molar-refractivity contribution < 1.29 is 24.9 Å². The third-order valence-electron chi connectivity index (χ3n) is 4.68. The molecule has 1 atom stereocenters. The molecular formula is C19H18ClNO5. The lowest BCUT2D eigenvalue weighted by Gasteiger charge is -2.27. The van der Waals surface area contributed by atoms with Crippen LogP contribution in [0.4, 0.5) is 0 Å². The Balaban J connectivity index is 1.95. The van der Waals surface area contributed by atoms with Crippen LogP contribution in [0.2, 0.25) is 5.02 Å². The molecule has 3 N–H and O–H groups in total. The van der Waals surface area contributed by atoms with Crippen molar-refractivity contribution >= 4 is 23.5 Å². The van der Waals surface area contributed by atoms with Gasteiger partial charge in [-0.2, -0.15) is 0 Å². The Labute approximate surface area is 155 Å². The highest BCUT2D eigenvalue weighted by Gasteiger charge is 2.33. The highest BCUT2D eigenvalue weighted by atomic mass is 35.5. The van der Waals surface area contributed by atoms with Gasteiger partial charge in [0.05, 0.1) is 22.2 Å². The number of carboxylic acids is 1. The molecule has 1 fully saturated rings. The van der Waals surface area contributed by atoms with E-state index < -0.39 is 5.97 Å². The number of aromatic carboxylic acids is 1. The Kier molecular flexibility index (Phi) is 4.78. The van der Waals surface area contributed by atoms with E-state index in [1.165, 1.54) is 12.1 Å². The van der Waals surface area contributed by atoms with Crippen molar-refractivity contribution in [1.82, 2.24) is 4.90 Å². The molecule has 3 rings (SSSR count). The van der Waals surface area contributed by atoms with E-state index in [9.17, 15) is 19.8 Å². The first-order valence-electron chi connectivity index (χ1n) is 8.16. The summed E-state index contributed by atoms with van der Waals surface area (Å²) in [4.78, 5) is 25.7. The van der Waals surface area contributed by atoms with E-state index in [0.717, 1.165) is 30.0 Å². The minimum absolute atomic E-state index is 0.0103. The van der Waals surface area contributed by atoms with Gasteiger partial charge in [0.25, 0.3) is 5.91 Å². The zero-order valence-corrected chi connectivity index (χ0v) is 14.8. The monoisotopic (exact) mass is 375 g/mol. The molecule has 1 amide bonds. The topological polar surface area (TPSA) is 98.1 Å². The summed E-state index contributed by atoms with van der Waals surface area (Å²) in [6.45, 7) is 2.33. The average molecular weight is 376 g/mol. The third-order valence-corrected chi connectivity index (χ3v) is 4.99. The van der Waals surface area contributed by atoms with Gasteiger partial charge in [0, 0.05) is 12.6 Å². The quantitative estimate of drug-likeness (QED) is 0.759. The number of aromatic hydroxyl groups is 2. The maximum Gasteiger partial charge on any atom is 0.335 e. The maximum absolute atomic E-state index is 12.9. The number of hydrogen-bond donors (Lipinski definition) is 3. The van der Waals surface area contributed by atoms with Gasteiger partial charge in [-0.1, -0.05) is 17.7 Å². The number of likely N-dealkylation sites (tertiary alicyclic amines) is 1. The van der Waals surface area contributed by atoms with Gasteiger partial charge < -0.3 is 20.2 Å². The highest BCUT2D eigenvalue weighted by Crippen LogP contribution is 2.38. The van der Waals surface area contributed by atoms with Gasteiger partial charge in [0.2, 0.25) is 0 Å². The third kappa shape index (κ3) is 3.20. The van der Waals surface area contributed by atoms with Gasteiger partial charge in [0.1, 0.15) is 11.5 Å². The second kappa shape index (κ2) is 6.88. The molecule has 6 nitrogen and oxygen atoms in total. The predicted molar refractivity (Wildman–Crippen MR) is 95.9 cm³/mol. The maximum atomic E-state index is 12.9. The van der Waals surface area contributed by atoms with Gasteiger partial charge in [-0.3, -0.25) is 4.79 Å². The molecule has 2 aromatic carbocycles. The van der Waals surface area contributed by atoms with E-state index in [2.05, 4.69) is 0 Å². The van der Waals surface area contributed by atoms with Gasteiger partial charge in [0.15, 0.2) is 0 Å². The van der Waals surface area contributed by atoms with Crippen LogP contribution in [0.3, 0.4) is 0 Å².